The van der Waals surface area contributed by atoms with Crippen molar-refractivity contribution in [3.05, 3.63) is 30.2 Å². The van der Waals surface area contributed by atoms with Crippen LogP contribution in [0.25, 0.3) is 0 Å². The van der Waals surface area contributed by atoms with Gasteiger partial charge < -0.3 is 23.8 Å². The molecule has 92 valence electrons. The lowest BCUT2D eigenvalue weighted by atomic mass is 10.0. The van der Waals surface area contributed by atoms with Crippen LogP contribution >= 0.6 is 0 Å². The lowest BCUT2D eigenvalue weighted by Crippen LogP contribution is -2.37. The van der Waals surface area contributed by atoms with Gasteiger partial charge in [0.15, 0.2) is 6.29 Å². The Morgan fingerprint density at radius 3 is 3.35 bits per heavy atom. The Kier molecular flexibility index (Phi) is 2.71. The second-order valence-corrected chi connectivity index (χ2v) is 4.03. The Labute approximate surface area is 97.7 Å². The van der Waals surface area contributed by atoms with Crippen LogP contribution in [0.5, 0.6) is 0 Å². The molecule has 3 heterocycles. The minimum atomic E-state index is -1.02. The van der Waals surface area contributed by atoms with Crippen molar-refractivity contribution in [1.82, 2.24) is 5.16 Å². The number of aliphatic hydroxyl groups excluding tert-OH is 1. The van der Waals surface area contributed by atoms with Gasteiger partial charge in [0.25, 0.3) is 0 Å². The van der Waals surface area contributed by atoms with Gasteiger partial charge in [-0.3, -0.25) is 0 Å². The Hall–Kier alpha value is -1.21. The Balaban J connectivity index is 1.83. The molecule has 0 unspecified atom stereocenters. The molecule has 0 amide bonds. The monoisotopic (exact) mass is 239 g/mol. The summed E-state index contributed by atoms with van der Waals surface area (Å²) in [5.74, 6) is 0. The quantitative estimate of drug-likeness (QED) is 0.776. The van der Waals surface area contributed by atoms with Gasteiger partial charge >= 0.3 is 0 Å². The normalized spacial score (nSPS) is 35.4. The van der Waals surface area contributed by atoms with Crippen molar-refractivity contribution in [2.75, 3.05) is 6.61 Å². The predicted octanol–water partition coefficient (Wildman–Crippen LogP) is 0.534. The summed E-state index contributed by atoms with van der Waals surface area (Å²) in [7, 11) is 0. The maximum atomic E-state index is 9.79. The van der Waals surface area contributed by atoms with Gasteiger partial charge in [0, 0.05) is 5.56 Å². The third kappa shape index (κ3) is 1.69. The van der Waals surface area contributed by atoms with E-state index in [-0.39, 0.29) is 6.10 Å². The zero-order valence-corrected chi connectivity index (χ0v) is 9.11. The highest BCUT2D eigenvalue weighted by molar-refractivity contribution is 5.22. The first-order chi connectivity index (χ1) is 8.31. The molecule has 1 saturated heterocycles. The summed E-state index contributed by atoms with van der Waals surface area (Å²) in [4.78, 5) is 0. The van der Waals surface area contributed by atoms with Crippen LogP contribution in [0.2, 0.25) is 0 Å². The lowest BCUT2D eigenvalue weighted by Gasteiger charge is -2.25. The molecule has 6 nitrogen and oxygen atoms in total. The summed E-state index contributed by atoms with van der Waals surface area (Å²) >= 11 is 0. The van der Waals surface area contributed by atoms with Gasteiger partial charge in [0.1, 0.15) is 30.3 Å². The van der Waals surface area contributed by atoms with Crippen LogP contribution in [0, 0.1) is 0 Å². The van der Waals surface area contributed by atoms with Gasteiger partial charge in [-0.2, -0.15) is 0 Å². The molecule has 1 aromatic rings. The number of hydrogen-bond donors (Lipinski definition) is 1. The van der Waals surface area contributed by atoms with E-state index in [1.807, 2.05) is 0 Å². The lowest BCUT2D eigenvalue weighted by molar-refractivity contribution is -0.141. The van der Waals surface area contributed by atoms with E-state index >= 15 is 0 Å². The minimum Gasteiger partial charge on any atom is -0.367 e. The highest BCUT2D eigenvalue weighted by Gasteiger charge is 2.50. The van der Waals surface area contributed by atoms with Crippen LogP contribution in [0.4, 0.5) is 0 Å². The SMILES string of the molecule is C=CCO[C@@H]1[C@H]2OCc3conc3[C@H]2O[C@@H]1O. The number of rotatable bonds is 3. The van der Waals surface area contributed by atoms with Gasteiger partial charge in [0.2, 0.25) is 0 Å². The number of aliphatic hydroxyl groups is 1. The molecule has 3 rings (SSSR count). The molecule has 0 bridgehead atoms. The van der Waals surface area contributed by atoms with E-state index in [0.717, 1.165) is 5.56 Å². The Morgan fingerprint density at radius 2 is 2.53 bits per heavy atom. The highest BCUT2D eigenvalue weighted by atomic mass is 16.7. The molecule has 0 spiro atoms. The van der Waals surface area contributed by atoms with E-state index in [0.29, 0.717) is 18.9 Å². The fourth-order valence-electron chi connectivity index (χ4n) is 2.19. The van der Waals surface area contributed by atoms with Crippen molar-refractivity contribution < 1.29 is 23.8 Å². The standard InChI is InChI=1S/C11H13NO5/c1-2-3-14-10-9-8(17-11(10)13)7-6(4-15-9)5-16-12-7/h2,5,8-11,13H,1,3-4H2/t8-,9+,10-,11+/m1/s1. The number of aromatic nitrogens is 1. The van der Waals surface area contributed by atoms with E-state index in [9.17, 15) is 5.11 Å². The third-order valence-electron chi connectivity index (χ3n) is 2.97. The van der Waals surface area contributed by atoms with Crippen LogP contribution < -0.4 is 0 Å². The van der Waals surface area contributed by atoms with E-state index in [4.69, 9.17) is 18.7 Å². The first kappa shape index (κ1) is 10.9. The van der Waals surface area contributed by atoms with Crippen molar-refractivity contribution in [3.8, 4) is 0 Å². The summed E-state index contributed by atoms with van der Waals surface area (Å²) < 4.78 is 21.4. The maximum absolute atomic E-state index is 9.79. The van der Waals surface area contributed by atoms with Crippen molar-refractivity contribution in [2.24, 2.45) is 0 Å². The highest BCUT2D eigenvalue weighted by Crippen LogP contribution is 2.40. The van der Waals surface area contributed by atoms with E-state index in [2.05, 4.69) is 11.7 Å². The zero-order chi connectivity index (χ0) is 11.8. The summed E-state index contributed by atoms with van der Waals surface area (Å²) in [6.07, 6.45) is 0.809. The van der Waals surface area contributed by atoms with E-state index < -0.39 is 18.5 Å². The third-order valence-corrected chi connectivity index (χ3v) is 2.97. The Morgan fingerprint density at radius 1 is 1.65 bits per heavy atom. The molecule has 2 aliphatic heterocycles. The molecule has 1 fully saturated rings. The molecule has 4 atom stereocenters. The van der Waals surface area contributed by atoms with Crippen molar-refractivity contribution in [3.63, 3.8) is 0 Å². The average molecular weight is 239 g/mol. The van der Waals surface area contributed by atoms with Crippen molar-refractivity contribution >= 4 is 0 Å². The van der Waals surface area contributed by atoms with E-state index in [1.54, 1.807) is 6.08 Å². The number of nitrogens with zero attached hydrogens (tertiary/aromatic N) is 1. The zero-order valence-electron chi connectivity index (χ0n) is 9.11. The fourth-order valence-corrected chi connectivity index (χ4v) is 2.19. The van der Waals surface area contributed by atoms with Gasteiger partial charge in [-0.1, -0.05) is 11.2 Å². The van der Waals surface area contributed by atoms with Crippen molar-refractivity contribution in [2.45, 2.75) is 31.2 Å². The molecular formula is C11H13NO5. The van der Waals surface area contributed by atoms with Gasteiger partial charge in [-0.05, 0) is 0 Å². The molecule has 2 aliphatic rings. The smallest absolute Gasteiger partial charge is 0.184 e. The summed E-state index contributed by atoms with van der Waals surface area (Å²) in [6, 6.07) is 0. The topological polar surface area (TPSA) is 74.0 Å². The molecule has 0 radical (unpaired) electrons. The van der Waals surface area contributed by atoms with Crippen LogP contribution in [-0.2, 0) is 20.8 Å². The Bertz CT molecular complexity index is 418. The number of fused-ring (bicyclic) bond motifs is 3. The van der Waals surface area contributed by atoms with E-state index in [1.165, 1.54) is 6.26 Å². The minimum absolute atomic E-state index is 0.337. The number of hydrogen-bond acceptors (Lipinski definition) is 6. The second-order valence-electron chi connectivity index (χ2n) is 4.03. The molecular weight excluding hydrogens is 226 g/mol. The predicted molar refractivity (Wildman–Crippen MR) is 54.8 cm³/mol. The molecule has 1 aromatic heterocycles. The largest absolute Gasteiger partial charge is 0.367 e. The summed E-state index contributed by atoms with van der Waals surface area (Å²) in [6.45, 7) is 4.29. The fraction of sp³-hybridized carbons (Fsp3) is 0.545. The van der Waals surface area contributed by atoms with Gasteiger partial charge in [0.05, 0.1) is 13.2 Å². The van der Waals surface area contributed by atoms with Crippen LogP contribution in [0.3, 0.4) is 0 Å². The van der Waals surface area contributed by atoms with Crippen LogP contribution in [0.1, 0.15) is 17.4 Å². The van der Waals surface area contributed by atoms with Gasteiger partial charge in [-0.25, -0.2) is 0 Å². The molecule has 1 N–H and O–H groups in total. The summed E-state index contributed by atoms with van der Waals surface area (Å²) in [5.41, 5.74) is 1.54. The first-order valence-corrected chi connectivity index (χ1v) is 5.42. The van der Waals surface area contributed by atoms with Crippen LogP contribution in [-0.4, -0.2) is 35.4 Å². The van der Waals surface area contributed by atoms with Crippen LogP contribution in [0.15, 0.2) is 23.4 Å². The average Bonchev–Trinajstić information content (AvgIpc) is 2.89. The maximum Gasteiger partial charge on any atom is 0.184 e. The molecule has 6 heteroatoms. The molecule has 0 aliphatic carbocycles. The second kappa shape index (κ2) is 4.23. The first-order valence-electron chi connectivity index (χ1n) is 5.42. The van der Waals surface area contributed by atoms with Gasteiger partial charge in [-0.15, -0.1) is 6.58 Å². The molecule has 0 aromatic carbocycles. The molecule has 17 heavy (non-hydrogen) atoms. The number of ether oxygens (including phenoxy) is 3. The molecule has 0 saturated carbocycles. The summed E-state index contributed by atoms with van der Waals surface area (Å²) in [5, 5.41) is 13.7. The van der Waals surface area contributed by atoms with Crippen molar-refractivity contribution in [1.29, 1.82) is 0 Å².